The molecule has 0 unspecified atom stereocenters. The average Bonchev–Trinajstić information content (AvgIpc) is 3.20. The number of hydrogen-bond donors (Lipinski definition) is 1. The second-order valence-corrected chi connectivity index (χ2v) is 12.5. The van der Waals surface area contributed by atoms with Gasteiger partial charge in [-0.15, -0.1) is 11.3 Å². The molecule has 1 aromatic heterocycles. The van der Waals surface area contributed by atoms with Crippen molar-refractivity contribution in [3.63, 3.8) is 0 Å². The number of aryl methyl sites for hydroxylation is 2. The Hall–Kier alpha value is -2.59. The van der Waals surface area contributed by atoms with Crippen molar-refractivity contribution in [2.24, 2.45) is 0 Å². The van der Waals surface area contributed by atoms with E-state index in [-0.39, 0.29) is 27.2 Å². The maximum Gasteiger partial charge on any atom is 0.341 e. The summed E-state index contributed by atoms with van der Waals surface area (Å²) in [6.07, 6.45) is 3.49. The number of nitrogens with zero attached hydrogens (tertiary/aromatic N) is 1. The lowest BCUT2D eigenvalue weighted by molar-refractivity contribution is -0.114. The number of ether oxygens (including phenoxy) is 1. The molecule has 0 fully saturated rings. The van der Waals surface area contributed by atoms with Crippen molar-refractivity contribution >= 4 is 67.1 Å². The fourth-order valence-corrected chi connectivity index (χ4v) is 7.42. The molecule has 1 N–H and O–H groups in total. The van der Waals surface area contributed by atoms with E-state index < -0.39 is 28.4 Å². The lowest BCUT2D eigenvalue weighted by atomic mass is 9.95. The number of halogens is 2. The molecule has 1 aliphatic carbocycles. The van der Waals surface area contributed by atoms with Gasteiger partial charge in [0.05, 0.1) is 22.8 Å². The van der Waals surface area contributed by atoms with Gasteiger partial charge in [0, 0.05) is 14.9 Å². The molecule has 2 aromatic carbocycles. The van der Waals surface area contributed by atoms with Crippen molar-refractivity contribution in [3.05, 3.63) is 74.1 Å². The molecule has 4 rings (SSSR count). The number of carbonyl (C=O) groups excluding carboxylic acids is 2. The summed E-state index contributed by atoms with van der Waals surface area (Å²) in [6.45, 7) is 3.21. The summed E-state index contributed by atoms with van der Waals surface area (Å²) in [7, 11) is -4.16. The number of anilines is 2. The highest BCUT2D eigenvalue weighted by atomic mass is 35.5. The average molecular weight is 582 g/mol. The van der Waals surface area contributed by atoms with Gasteiger partial charge in [-0.05, 0) is 75.4 Å². The van der Waals surface area contributed by atoms with Crippen molar-refractivity contribution in [1.29, 1.82) is 0 Å². The molecule has 37 heavy (non-hydrogen) atoms. The van der Waals surface area contributed by atoms with Crippen LogP contribution in [0.15, 0.2) is 47.4 Å². The zero-order valence-corrected chi connectivity index (χ0v) is 23.5. The molecule has 0 saturated carbocycles. The summed E-state index contributed by atoms with van der Waals surface area (Å²) in [6, 6.07) is 10.7. The second kappa shape index (κ2) is 11.4. The van der Waals surface area contributed by atoms with Gasteiger partial charge in [0.25, 0.3) is 10.0 Å². The molecule has 0 atom stereocenters. The normalized spacial score (nSPS) is 13.1. The Morgan fingerprint density at radius 3 is 2.35 bits per heavy atom. The molecule has 1 heterocycles. The number of amides is 1. The first-order chi connectivity index (χ1) is 17.6. The molecule has 0 radical (unpaired) electrons. The van der Waals surface area contributed by atoms with Gasteiger partial charge < -0.3 is 10.1 Å². The predicted octanol–water partition coefficient (Wildman–Crippen LogP) is 6.25. The molecule has 0 saturated heterocycles. The zero-order valence-electron chi connectivity index (χ0n) is 20.3. The first-order valence-corrected chi connectivity index (χ1v) is 14.8. The summed E-state index contributed by atoms with van der Waals surface area (Å²) in [4.78, 5) is 27.1. The third kappa shape index (κ3) is 6.12. The summed E-state index contributed by atoms with van der Waals surface area (Å²) in [5.41, 5.74) is 2.29. The Labute approximate surface area is 230 Å². The lowest BCUT2D eigenvalue weighted by Gasteiger charge is -2.24. The fourth-order valence-electron chi connectivity index (χ4n) is 4.21. The number of carbonyl (C=O) groups is 2. The first-order valence-electron chi connectivity index (χ1n) is 11.8. The van der Waals surface area contributed by atoms with Gasteiger partial charge >= 0.3 is 5.97 Å². The maximum atomic E-state index is 13.7. The van der Waals surface area contributed by atoms with Gasteiger partial charge in [-0.3, -0.25) is 9.10 Å². The van der Waals surface area contributed by atoms with Crippen LogP contribution in [0.4, 0.5) is 10.7 Å². The molecule has 3 aromatic rings. The number of esters is 1. The van der Waals surface area contributed by atoms with Crippen LogP contribution in [-0.4, -0.2) is 33.4 Å². The number of thiophene rings is 1. The molecule has 196 valence electrons. The van der Waals surface area contributed by atoms with Crippen LogP contribution in [-0.2, 0) is 32.4 Å². The minimum absolute atomic E-state index is 0.0146. The number of hydrogen-bond acceptors (Lipinski definition) is 6. The van der Waals surface area contributed by atoms with Gasteiger partial charge in [-0.2, -0.15) is 0 Å². The Morgan fingerprint density at radius 1 is 1.05 bits per heavy atom. The highest BCUT2D eigenvalue weighted by molar-refractivity contribution is 7.92. The Bertz CT molecular complexity index is 1420. The highest BCUT2D eigenvalue weighted by Crippen LogP contribution is 2.39. The monoisotopic (exact) mass is 580 g/mol. The molecule has 0 bridgehead atoms. The van der Waals surface area contributed by atoms with Crippen LogP contribution in [0.1, 0.15) is 46.1 Å². The lowest BCUT2D eigenvalue weighted by Crippen LogP contribution is -2.38. The van der Waals surface area contributed by atoms with E-state index >= 15 is 0 Å². The molecule has 1 amide bonds. The molecule has 1 aliphatic rings. The van der Waals surface area contributed by atoms with Crippen LogP contribution in [0.25, 0.3) is 0 Å². The standard InChI is InChI=1S/C26H26Cl2N2O5S2/c1-3-35-26(32)24-21-6-4-5-7-22(21)36-25(24)29-23(31)15-30(19-13-17(27)12-18(28)14-19)37(33,34)20-10-8-16(2)9-11-20/h8-14H,3-7,15H2,1-2H3,(H,29,31). The van der Waals surface area contributed by atoms with Crippen LogP contribution >= 0.6 is 34.5 Å². The Balaban J connectivity index is 1.70. The van der Waals surface area contributed by atoms with Crippen molar-refractivity contribution in [3.8, 4) is 0 Å². The number of rotatable bonds is 8. The van der Waals surface area contributed by atoms with E-state index in [0.29, 0.717) is 10.6 Å². The number of fused-ring (bicyclic) bond motifs is 1. The molecular formula is C26H26Cl2N2O5S2. The minimum atomic E-state index is -4.16. The van der Waals surface area contributed by atoms with Gasteiger partial charge in [-0.1, -0.05) is 40.9 Å². The number of sulfonamides is 1. The van der Waals surface area contributed by atoms with E-state index in [9.17, 15) is 18.0 Å². The summed E-state index contributed by atoms with van der Waals surface area (Å²) in [5.74, 6) is -1.11. The predicted molar refractivity (Wildman–Crippen MR) is 148 cm³/mol. The van der Waals surface area contributed by atoms with E-state index in [2.05, 4.69) is 5.32 Å². The van der Waals surface area contributed by atoms with Crippen molar-refractivity contribution < 1.29 is 22.7 Å². The van der Waals surface area contributed by atoms with E-state index in [4.69, 9.17) is 27.9 Å². The van der Waals surface area contributed by atoms with E-state index in [0.717, 1.165) is 46.0 Å². The minimum Gasteiger partial charge on any atom is -0.462 e. The molecule has 7 nitrogen and oxygen atoms in total. The van der Waals surface area contributed by atoms with Gasteiger partial charge in [0.15, 0.2) is 0 Å². The zero-order chi connectivity index (χ0) is 26.7. The second-order valence-electron chi connectivity index (χ2n) is 8.64. The van der Waals surface area contributed by atoms with E-state index in [1.807, 2.05) is 6.92 Å². The van der Waals surface area contributed by atoms with Crippen molar-refractivity contribution in [2.75, 3.05) is 22.8 Å². The molecule has 11 heteroatoms. The molecule has 0 aliphatic heterocycles. The van der Waals surface area contributed by atoms with E-state index in [1.165, 1.54) is 41.7 Å². The van der Waals surface area contributed by atoms with E-state index in [1.54, 1.807) is 19.1 Å². The number of nitrogens with one attached hydrogen (secondary N) is 1. The summed E-state index contributed by atoms with van der Waals surface area (Å²) in [5, 5.41) is 3.59. The molecular weight excluding hydrogens is 555 g/mol. The summed E-state index contributed by atoms with van der Waals surface area (Å²) < 4.78 is 33.5. The molecule has 0 spiro atoms. The van der Waals surface area contributed by atoms with Gasteiger partial charge in [0.2, 0.25) is 5.91 Å². The third-order valence-corrected chi connectivity index (χ3v) is 9.37. The topological polar surface area (TPSA) is 92.8 Å². The Morgan fingerprint density at radius 2 is 1.70 bits per heavy atom. The van der Waals surface area contributed by atoms with Crippen LogP contribution in [0.3, 0.4) is 0 Å². The van der Waals surface area contributed by atoms with Gasteiger partial charge in [-0.25, -0.2) is 13.2 Å². The SMILES string of the molecule is CCOC(=O)c1c(NC(=O)CN(c2cc(Cl)cc(Cl)c2)S(=O)(=O)c2ccc(C)cc2)sc2c1CCCC2. The van der Waals surface area contributed by atoms with Crippen molar-refractivity contribution in [2.45, 2.75) is 44.4 Å². The smallest absolute Gasteiger partial charge is 0.341 e. The number of benzene rings is 2. The van der Waals surface area contributed by atoms with Crippen LogP contribution in [0, 0.1) is 6.92 Å². The highest BCUT2D eigenvalue weighted by Gasteiger charge is 2.31. The maximum absolute atomic E-state index is 13.7. The quantitative estimate of drug-likeness (QED) is 0.318. The van der Waals surface area contributed by atoms with Gasteiger partial charge in [0.1, 0.15) is 11.5 Å². The van der Waals surface area contributed by atoms with Crippen LogP contribution < -0.4 is 9.62 Å². The first kappa shape index (κ1) is 27.4. The van der Waals surface area contributed by atoms with Crippen LogP contribution in [0.5, 0.6) is 0 Å². The Kier molecular flexibility index (Phi) is 8.48. The largest absolute Gasteiger partial charge is 0.462 e. The van der Waals surface area contributed by atoms with Crippen LogP contribution in [0.2, 0.25) is 10.0 Å². The third-order valence-electron chi connectivity index (χ3n) is 5.94. The summed E-state index contributed by atoms with van der Waals surface area (Å²) >= 11 is 13.7. The fraction of sp³-hybridized carbons (Fsp3) is 0.308. The van der Waals surface area contributed by atoms with Crippen molar-refractivity contribution in [1.82, 2.24) is 0 Å².